The Labute approximate surface area is 196 Å². The predicted octanol–water partition coefficient (Wildman–Crippen LogP) is 4.26. The van der Waals surface area contributed by atoms with Crippen LogP contribution in [-0.4, -0.2) is 40.9 Å². The highest BCUT2D eigenvalue weighted by molar-refractivity contribution is 5.96. The van der Waals surface area contributed by atoms with Crippen LogP contribution in [0.3, 0.4) is 0 Å². The van der Waals surface area contributed by atoms with Gasteiger partial charge in [-0.1, -0.05) is 67.5 Å². The van der Waals surface area contributed by atoms with Gasteiger partial charge in [0.15, 0.2) is 5.69 Å². The number of aliphatic carboxylic acids is 1. The van der Waals surface area contributed by atoms with Crippen molar-refractivity contribution in [2.75, 3.05) is 11.9 Å². The molecule has 2 amide bonds. The molecule has 9 nitrogen and oxygen atoms in total. The van der Waals surface area contributed by atoms with Gasteiger partial charge in [0.1, 0.15) is 12.6 Å². The molecular weight excluding hydrogens is 438 g/mol. The van der Waals surface area contributed by atoms with E-state index in [-0.39, 0.29) is 36.4 Å². The highest BCUT2D eigenvalue weighted by Crippen LogP contribution is 2.44. The van der Waals surface area contributed by atoms with Gasteiger partial charge in [-0.2, -0.15) is 0 Å². The summed E-state index contributed by atoms with van der Waals surface area (Å²) in [5.74, 6) is -1.95. The number of rotatable bonds is 8. The molecule has 1 unspecified atom stereocenters. The van der Waals surface area contributed by atoms with Crippen LogP contribution in [0, 0.1) is 5.92 Å². The van der Waals surface area contributed by atoms with Gasteiger partial charge in [-0.3, -0.25) is 10.1 Å². The summed E-state index contributed by atoms with van der Waals surface area (Å²) in [6.07, 6.45) is -0.489. The van der Waals surface area contributed by atoms with Crippen LogP contribution in [-0.2, 0) is 9.53 Å². The summed E-state index contributed by atoms with van der Waals surface area (Å²) in [4.78, 5) is 36.0. The Hall–Kier alpha value is -4.14. The van der Waals surface area contributed by atoms with Crippen LogP contribution in [0.25, 0.3) is 11.1 Å². The molecule has 0 fully saturated rings. The van der Waals surface area contributed by atoms with E-state index in [0.29, 0.717) is 0 Å². The second-order valence-corrected chi connectivity index (χ2v) is 8.52. The number of benzene rings is 2. The Kier molecular flexibility index (Phi) is 6.62. The number of fused-ring (bicyclic) bond motifs is 3. The topological polar surface area (TPSA) is 131 Å². The van der Waals surface area contributed by atoms with Gasteiger partial charge in [0, 0.05) is 12.0 Å². The third-order valence-corrected chi connectivity index (χ3v) is 5.62. The molecule has 0 saturated carbocycles. The van der Waals surface area contributed by atoms with Gasteiger partial charge in [-0.25, -0.2) is 9.59 Å². The second kappa shape index (κ2) is 9.78. The van der Waals surface area contributed by atoms with E-state index in [1.54, 1.807) is 0 Å². The number of carboxylic acid groups (broad SMARTS) is 1. The lowest BCUT2D eigenvalue weighted by Gasteiger charge is -2.15. The molecule has 0 saturated heterocycles. The van der Waals surface area contributed by atoms with E-state index in [4.69, 9.17) is 9.26 Å². The number of amides is 2. The van der Waals surface area contributed by atoms with Gasteiger partial charge >= 0.3 is 12.1 Å². The summed E-state index contributed by atoms with van der Waals surface area (Å²) in [5.41, 5.74) is 4.27. The largest absolute Gasteiger partial charge is 0.480 e. The number of anilines is 1. The molecule has 0 radical (unpaired) electrons. The number of nitrogens with one attached hydrogen (secondary N) is 2. The maximum absolute atomic E-state index is 12.4. The van der Waals surface area contributed by atoms with Crippen molar-refractivity contribution >= 4 is 23.9 Å². The summed E-state index contributed by atoms with van der Waals surface area (Å²) >= 11 is 0. The molecule has 0 bridgehead atoms. The molecule has 176 valence electrons. The first-order chi connectivity index (χ1) is 16.3. The van der Waals surface area contributed by atoms with Gasteiger partial charge in [-0.05, 0) is 34.6 Å². The first-order valence-corrected chi connectivity index (χ1v) is 11.0. The number of carbonyl (C=O) groups excluding carboxylic acids is 2. The molecule has 34 heavy (non-hydrogen) atoms. The van der Waals surface area contributed by atoms with Gasteiger partial charge in [0.25, 0.3) is 5.91 Å². The SMILES string of the molecule is CC(C)CC(NC(=O)c1cc(NC(=O)OCC2c3ccccc3-c3ccccc32)on1)C(=O)O. The zero-order valence-electron chi connectivity index (χ0n) is 18.8. The van der Waals surface area contributed by atoms with E-state index >= 15 is 0 Å². The number of carbonyl (C=O) groups is 3. The minimum absolute atomic E-state index is 0.0736. The molecule has 4 rings (SSSR count). The summed E-state index contributed by atoms with van der Waals surface area (Å²) in [6.45, 7) is 3.83. The number of hydrogen-bond acceptors (Lipinski definition) is 6. The van der Waals surface area contributed by atoms with E-state index in [1.807, 2.05) is 62.4 Å². The normalized spacial score (nSPS) is 13.1. The Morgan fingerprint density at radius 1 is 1.06 bits per heavy atom. The Bertz CT molecular complexity index is 1170. The zero-order valence-corrected chi connectivity index (χ0v) is 18.8. The molecule has 1 aromatic heterocycles. The van der Waals surface area contributed by atoms with E-state index in [2.05, 4.69) is 15.8 Å². The highest BCUT2D eigenvalue weighted by atomic mass is 16.6. The number of aromatic nitrogens is 1. The van der Waals surface area contributed by atoms with E-state index in [9.17, 15) is 19.5 Å². The first kappa shape index (κ1) is 23.0. The molecule has 1 atom stereocenters. The third kappa shape index (κ3) is 4.93. The van der Waals surface area contributed by atoms with Crippen LogP contribution in [0.4, 0.5) is 10.7 Å². The molecular formula is C25H25N3O6. The first-order valence-electron chi connectivity index (χ1n) is 11.0. The lowest BCUT2D eigenvalue weighted by atomic mass is 9.98. The predicted molar refractivity (Wildman–Crippen MR) is 124 cm³/mol. The summed E-state index contributed by atoms with van der Waals surface area (Å²) in [5, 5.41) is 17.7. The lowest BCUT2D eigenvalue weighted by molar-refractivity contribution is -0.139. The molecule has 0 aliphatic heterocycles. The van der Waals surface area contributed by atoms with Crippen LogP contribution in [0.15, 0.2) is 59.1 Å². The second-order valence-electron chi connectivity index (χ2n) is 8.52. The maximum Gasteiger partial charge on any atom is 0.414 e. The Balaban J connectivity index is 1.36. The van der Waals surface area contributed by atoms with Crippen molar-refractivity contribution in [1.82, 2.24) is 10.5 Å². The minimum Gasteiger partial charge on any atom is -0.480 e. The quantitative estimate of drug-likeness (QED) is 0.455. The molecule has 9 heteroatoms. The van der Waals surface area contributed by atoms with Crippen molar-refractivity contribution in [1.29, 1.82) is 0 Å². The summed E-state index contributed by atoms with van der Waals surface area (Å²) in [7, 11) is 0. The van der Waals surface area contributed by atoms with E-state index in [0.717, 1.165) is 22.3 Å². The number of nitrogens with zero attached hydrogens (tertiary/aromatic N) is 1. The summed E-state index contributed by atoms with van der Waals surface area (Å²) < 4.78 is 10.4. The van der Waals surface area contributed by atoms with Crippen LogP contribution in [0.5, 0.6) is 0 Å². The Morgan fingerprint density at radius 2 is 1.68 bits per heavy atom. The third-order valence-electron chi connectivity index (χ3n) is 5.62. The van der Waals surface area contributed by atoms with Crippen molar-refractivity contribution in [3.8, 4) is 11.1 Å². The molecule has 3 aromatic rings. The zero-order chi connectivity index (χ0) is 24.2. The average Bonchev–Trinajstić information content (AvgIpc) is 3.39. The van der Waals surface area contributed by atoms with Crippen LogP contribution in [0.1, 0.15) is 47.8 Å². The van der Waals surface area contributed by atoms with Crippen molar-refractivity contribution in [2.45, 2.75) is 32.2 Å². The smallest absolute Gasteiger partial charge is 0.414 e. The Morgan fingerprint density at radius 3 is 2.26 bits per heavy atom. The van der Waals surface area contributed by atoms with Gasteiger partial charge in [-0.15, -0.1) is 0 Å². The van der Waals surface area contributed by atoms with Crippen molar-refractivity contribution in [3.63, 3.8) is 0 Å². The van der Waals surface area contributed by atoms with E-state index in [1.165, 1.54) is 6.07 Å². The van der Waals surface area contributed by atoms with Crippen LogP contribution < -0.4 is 10.6 Å². The molecule has 0 spiro atoms. The number of hydrogen-bond donors (Lipinski definition) is 3. The number of ether oxygens (including phenoxy) is 1. The van der Waals surface area contributed by atoms with Gasteiger partial charge < -0.3 is 19.7 Å². The average molecular weight is 463 g/mol. The van der Waals surface area contributed by atoms with Crippen LogP contribution in [0.2, 0.25) is 0 Å². The molecule has 2 aromatic carbocycles. The lowest BCUT2D eigenvalue weighted by Crippen LogP contribution is -2.41. The monoisotopic (exact) mass is 463 g/mol. The van der Waals surface area contributed by atoms with Crippen molar-refractivity contribution in [3.05, 3.63) is 71.4 Å². The summed E-state index contributed by atoms with van der Waals surface area (Å²) in [6, 6.07) is 16.2. The number of carboxylic acids is 1. The van der Waals surface area contributed by atoms with Gasteiger partial charge in [0.05, 0.1) is 0 Å². The van der Waals surface area contributed by atoms with E-state index < -0.39 is 24.0 Å². The fourth-order valence-corrected chi connectivity index (χ4v) is 4.10. The molecule has 3 N–H and O–H groups in total. The highest BCUT2D eigenvalue weighted by Gasteiger charge is 2.29. The fourth-order valence-electron chi connectivity index (χ4n) is 4.10. The minimum atomic E-state index is -1.14. The van der Waals surface area contributed by atoms with Crippen LogP contribution >= 0.6 is 0 Å². The van der Waals surface area contributed by atoms with Crippen molar-refractivity contribution < 1.29 is 28.8 Å². The fraction of sp³-hybridized carbons (Fsp3) is 0.280. The van der Waals surface area contributed by atoms with Gasteiger partial charge in [0.2, 0.25) is 5.88 Å². The standard InChI is InChI=1S/C25H25N3O6/c1-14(2)11-21(24(30)31)26-23(29)20-12-22(34-28-20)27-25(32)33-13-19-17-9-5-3-7-15(17)16-8-4-6-10-18(16)19/h3-10,12,14,19,21H,11,13H2,1-2H3,(H,26,29)(H,27,32)(H,30,31). The maximum atomic E-state index is 12.4. The molecule has 1 aliphatic rings. The molecule has 1 heterocycles. The van der Waals surface area contributed by atoms with Crippen molar-refractivity contribution in [2.24, 2.45) is 5.92 Å². The molecule has 1 aliphatic carbocycles.